The van der Waals surface area contributed by atoms with Crippen LogP contribution in [0.25, 0.3) is 0 Å². The highest BCUT2D eigenvalue weighted by Gasteiger charge is 2.34. The van der Waals surface area contributed by atoms with Gasteiger partial charge in [0.25, 0.3) is 0 Å². The number of hydrogen-bond acceptors (Lipinski definition) is 2. The van der Waals surface area contributed by atoms with Gasteiger partial charge in [-0.2, -0.15) is 0 Å². The Hall–Kier alpha value is -0.730. The Morgan fingerprint density at radius 3 is 2.24 bits per heavy atom. The van der Waals surface area contributed by atoms with E-state index in [9.17, 15) is 0 Å². The molecule has 3 heteroatoms. The molecular weight excluding hydrogens is 234 g/mol. The molecule has 94 valence electrons. The van der Waals surface area contributed by atoms with Crippen molar-refractivity contribution in [2.24, 2.45) is 5.73 Å². The summed E-state index contributed by atoms with van der Waals surface area (Å²) in [4.78, 5) is 0. The molecule has 0 heterocycles. The van der Waals surface area contributed by atoms with Crippen molar-refractivity contribution in [1.29, 1.82) is 0 Å². The van der Waals surface area contributed by atoms with Crippen molar-refractivity contribution in [1.82, 2.24) is 0 Å². The minimum Gasteiger partial charge on any atom is -0.486 e. The van der Waals surface area contributed by atoms with Gasteiger partial charge in [0.15, 0.2) is 0 Å². The number of ether oxygens (including phenoxy) is 1. The lowest BCUT2D eigenvalue weighted by atomic mass is 10.0. The van der Waals surface area contributed by atoms with E-state index in [0.29, 0.717) is 6.54 Å². The molecule has 0 bridgehead atoms. The summed E-state index contributed by atoms with van der Waals surface area (Å²) in [5, 5.41) is 0.825. The number of halogens is 1. The third-order valence-corrected chi connectivity index (χ3v) is 4.23. The lowest BCUT2D eigenvalue weighted by molar-refractivity contribution is 0.0852. The fraction of sp³-hybridized carbons (Fsp3) is 0.571. The van der Waals surface area contributed by atoms with Crippen LogP contribution in [-0.4, -0.2) is 12.1 Å². The van der Waals surface area contributed by atoms with Gasteiger partial charge >= 0.3 is 0 Å². The SMILES string of the molecule is Cc1cc(OC2(CN)CCCC2)cc(C)c1Cl. The first-order valence-corrected chi connectivity index (χ1v) is 6.60. The minimum absolute atomic E-state index is 0.146. The standard InChI is InChI=1S/C14H20ClNO/c1-10-7-12(8-11(2)13(10)15)17-14(9-16)5-3-4-6-14/h7-8H,3-6,9,16H2,1-2H3. The Morgan fingerprint density at radius 1 is 1.24 bits per heavy atom. The molecule has 1 aromatic rings. The van der Waals surface area contributed by atoms with Crippen LogP contribution < -0.4 is 10.5 Å². The highest BCUT2D eigenvalue weighted by Crippen LogP contribution is 2.35. The van der Waals surface area contributed by atoms with Gasteiger partial charge in [-0.1, -0.05) is 11.6 Å². The summed E-state index contributed by atoms with van der Waals surface area (Å²) in [6.45, 7) is 4.60. The Kier molecular flexibility index (Phi) is 3.64. The van der Waals surface area contributed by atoms with Gasteiger partial charge in [-0.15, -0.1) is 0 Å². The van der Waals surface area contributed by atoms with E-state index in [0.717, 1.165) is 34.7 Å². The topological polar surface area (TPSA) is 35.2 Å². The van der Waals surface area contributed by atoms with Crippen molar-refractivity contribution < 1.29 is 4.74 Å². The van der Waals surface area contributed by atoms with Gasteiger partial charge in [0.05, 0.1) is 0 Å². The van der Waals surface area contributed by atoms with Crippen LogP contribution in [0.5, 0.6) is 5.75 Å². The second kappa shape index (κ2) is 4.87. The quantitative estimate of drug-likeness (QED) is 0.893. The molecule has 2 nitrogen and oxygen atoms in total. The third kappa shape index (κ3) is 2.58. The molecule has 2 rings (SSSR count). The Labute approximate surface area is 108 Å². The largest absolute Gasteiger partial charge is 0.486 e. The fourth-order valence-electron chi connectivity index (χ4n) is 2.58. The van der Waals surface area contributed by atoms with E-state index in [1.165, 1.54) is 12.8 Å². The zero-order valence-corrected chi connectivity index (χ0v) is 11.3. The molecule has 0 saturated heterocycles. The molecule has 0 atom stereocenters. The van der Waals surface area contributed by atoms with Crippen molar-refractivity contribution in [3.05, 3.63) is 28.3 Å². The summed E-state index contributed by atoms with van der Waals surface area (Å²) in [5.41, 5.74) is 7.85. The number of aryl methyl sites for hydroxylation is 2. The smallest absolute Gasteiger partial charge is 0.121 e. The molecule has 1 aliphatic carbocycles. The summed E-state index contributed by atoms with van der Waals surface area (Å²) in [5.74, 6) is 0.900. The van der Waals surface area contributed by atoms with E-state index in [1.807, 2.05) is 26.0 Å². The zero-order valence-electron chi connectivity index (χ0n) is 10.6. The van der Waals surface area contributed by atoms with Crippen molar-refractivity contribution in [2.75, 3.05) is 6.54 Å². The second-order valence-electron chi connectivity index (χ2n) is 5.07. The number of hydrogen-bond donors (Lipinski definition) is 1. The van der Waals surface area contributed by atoms with Gasteiger partial charge in [-0.25, -0.2) is 0 Å². The monoisotopic (exact) mass is 253 g/mol. The van der Waals surface area contributed by atoms with E-state index < -0.39 is 0 Å². The molecule has 0 spiro atoms. The molecule has 2 N–H and O–H groups in total. The number of benzene rings is 1. The van der Waals surface area contributed by atoms with Gasteiger partial charge in [-0.3, -0.25) is 0 Å². The number of rotatable bonds is 3. The molecule has 17 heavy (non-hydrogen) atoms. The van der Waals surface area contributed by atoms with Crippen molar-refractivity contribution in [2.45, 2.75) is 45.1 Å². The second-order valence-corrected chi connectivity index (χ2v) is 5.45. The molecule has 1 aliphatic rings. The predicted octanol–water partition coefficient (Wildman–Crippen LogP) is 3.61. The van der Waals surface area contributed by atoms with Gasteiger partial charge in [0.1, 0.15) is 11.4 Å². The van der Waals surface area contributed by atoms with Crippen molar-refractivity contribution in [3.63, 3.8) is 0 Å². The molecule has 0 radical (unpaired) electrons. The van der Waals surface area contributed by atoms with Crippen LogP contribution in [0, 0.1) is 13.8 Å². The summed E-state index contributed by atoms with van der Waals surface area (Å²) < 4.78 is 6.15. The summed E-state index contributed by atoms with van der Waals surface area (Å²) >= 11 is 6.15. The normalized spacial score (nSPS) is 18.4. The average Bonchev–Trinajstić information content (AvgIpc) is 2.75. The van der Waals surface area contributed by atoms with E-state index in [4.69, 9.17) is 22.1 Å². The maximum absolute atomic E-state index is 6.15. The molecular formula is C14H20ClNO. The lowest BCUT2D eigenvalue weighted by Crippen LogP contribution is -2.40. The highest BCUT2D eigenvalue weighted by molar-refractivity contribution is 6.32. The highest BCUT2D eigenvalue weighted by atomic mass is 35.5. The van der Waals surface area contributed by atoms with E-state index in [1.54, 1.807) is 0 Å². The van der Waals surface area contributed by atoms with Crippen molar-refractivity contribution in [3.8, 4) is 5.75 Å². The predicted molar refractivity (Wildman–Crippen MR) is 71.8 cm³/mol. The molecule has 0 unspecified atom stereocenters. The van der Waals surface area contributed by atoms with Crippen LogP contribution in [0.2, 0.25) is 5.02 Å². The van der Waals surface area contributed by atoms with E-state index >= 15 is 0 Å². The molecule has 0 aliphatic heterocycles. The van der Waals surface area contributed by atoms with Gasteiger partial charge in [0, 0.05) is 11.6 Å². The molecule has 1 saturated carbocycles. The maximum Gasteiger partial charge on any atom is 0.121 e. The molecule has 0 aromatic heterocycles. The lowest BCUT2D eigenvalue weighted by Gasteiger charge is -2.29. The third-order valence-electron chi connectivity index (χ3n) is 3.63. The van der Waals surface area contributed by atoms with E-state index in [2.05, 4.69) is 0 Å². The van der Waals surface area contributed by atoms with Crippen LogP contribution in [0.4, 0.5) is 0 Å². The first-order valence-electron chi connectivity index (χ1n) is 6.22. The van der Waals surface area contributed by atoms with Gasteiger partial charge in [0.2, 0.25) is 0 Å². The fourth-order valence-corrected chi connectivity index (χ4v) is 2.69. The summed E-state index contributed by atoms with van der Waals surface area (Å²) in [6, 6.07) is 4.01. The van der Waals surface area contributed by atoms with Crippen LogP contribution in [0.3, 0.4) is 0 Å². The first kappa shape index (κ1) is 12.7. The minimum atomic E-state index is -0.146. The molecule has 1 aromatic carbocycles. The van der Waals surface area contributed by atoms with Crippen molar-refractivity contribution >= 4 is 11.6 Å². The Bertz CT molecular complexity index is 388. The molecule has 1 fully saturated rings. The summed E-state index contributed by atoms with van der Waals surface area (Å²) in [6.07, 6.45) is 4.54. The first-order chi connectivity index (χ1) is 8.06. The maximum atomic E-state index is 6.15. The van der Waals surface area contributed by atoms with Crippen LogP contribution in [-0.2, 0) is 0 Å². The number of nitrogens with two attached hydrogens (primary N) is 1. The Balaban J connectivity index is 2.23. The Morgan fingerprint density at radius 2 is 1.76 bits per heavy atom. The van der Waals surface area contributed by atoms with Gasteiger partial charge < -0.3 is 10.5 Å². The van der Waals surface area contributed by atoms with Crippen LogP contribution >= 0.6 is 11.6 Å². The zero-order chi connectivity index (χ0) is 12.5. The molecule has 0 amide bonds. The van der Waals surface area contributed by atoms with Crippen LogP contribution in [0.1, 0.15) is 36.8 Å². The average molecular weight is 254 g/mol. The van der Waals surface area contributed by atoms with E-state index in [-0.39, 0.29) is 5.60 Å². The van der Waals surface area contributed by atoms with Crippen LogP contribution in [0.15, 0.2) is 12.1 Å². The summed E-state index contributed by atoms with van der Waals surface area (Å²) in [7, 11) is 0. The van der Waals surface area contributed by atoms with Gasteiger partial charge in [-0.05, 0) is 62.8 Å².